The number of carbonyl (C=O) groups is 2. The van der Waals surface area contributed by atoms with E-state index >= 15 is 0 Å². The van der Waals surface area contributed by atoms with Crippen molar-refractivity contribution in [2.45, 2.75) is 50.9 Å². The van der Waals surface area contributed by atoms with Crippen LogP contribution in [0.2, 0.25) is 0 Å². The molecule has 2 aliphatic rings. The van der Waals surface area contributed by atoms with Gasteiger partial charge in [-0.15, -0.1) is 0 Å². The van der Waals surface area contributed by atoms with E-state index in [9.17, 15) is 14.0 Å². The molecule has 9 heteroatoms. The fourth-order valence-corrected chi connectivity index (χ4v) is 6.27. The molecular weight excluding hydrogens is 537 g/mol. The minimum atomic E-state index is -0.402. The number of nitrogens with one attached hydrogen (secondary N) is 2. The second-order valence-corrected chi connectivity index (χ2v) is 11.4. The number of aromatic nitrogens is 2. The summed E-state index contributed by atoms with van der Waals surface area (Å²) >= 11 is 0.880. The van der Waals surface area contributed by atoms with Crippen molar-refractivity contribution >= 4 is 45.7 Å². The third kappa shape index (κ3) is 6.31. The van der Waals surface area contributed by atoms with Gasteiger partial charge in [-0.1, -0.05) is 60.7 Å². The lowest BCUT2D eigenvalue weighted by molar-refractivity contribution is -0.115. The van der Waals surface area contributed by atoms with Gasteiger partial charge in [-0.3, -0.25) is 14.9 Å². The van der Waals surface area contributed by atoms with Gasteiger partial charge in [0.1, 0.15) is 5.82 Å². The molecule has 2 fully saturated rings. The summed E-state index contributed by atoms with van der Waals surface area (Å²) < 4.78 is 14.3. The van der Waals surface area contributed by atoms with Crippen molar-refractivity contribution in [2.75, 3.05) is 4.90 Å². The zero-order valence-electron chi connectivity index (χ0n) is 22.4. The van der Waals surface area contributed by atoms with Gasteiger partial charge in [0.15, 0.2) is 0 Å². The smallest absolute Gasteiger partial charge is 0.290 e. The van der Waals surface area contributed by atoms with Crippen molar-refractivity contribution in [3.8, 4) is 0 Å². The van der Waals surface area contributed by atoms with E-state index in [0.29, 0.717) is 41.1 Å². The zero-order chi connectivity index (χ0) is 28.2. The summed E-state index contributed by atoms with van der Waals surface area (Å²) in [5, 5.41) is 7.23. The molecular formula is C32H30FN5O2S. The van der Waals surface area contributed by atoms with E-state index < -0.39 is 5.91 Å². The first-order chi connectivity index (χ1) is 20.0. The van der Waals surface area contributed by atoms with Gasteiger partial charge >= 0.3 is 0 Å². The molecule has 4 aromatic rings. The number of halogens is 1. The largest absolute Gasteiger partial charge is 0.333 e. The maximum absolute atomic E-state index is 14.3. The van der Waals surface area contributed by atoms with Gasteiger partial charge in [-0.05, 0) is 72.2 Å². The molecule has 7 nitrogen and oxygen atoms in total. The third-order valence-corrected chi connectivity index (χ3v) is 8.53. The molecule has 0 unspecified atom stereocenters. The van der Waals surface area contributed by atoms with Gasteiger partial charge in [0.2, 0.25) is 5.95 Å². The van der Waals surface area contributed by atoms with Crippen LogP contribution in [0.1, 0.15) is 42.5 Å². The maximum atomic E-state index is 14.3. The highest BCUT2D eigenvalue weighted by Gasteiger charge is 2.29. The first kappa shape index (κ1) is 27.1. The molecule has 1 saturated heterocycles. The number of hydrogen-bond donors (Lipinski definition) is 2. The number of benzene rings is 3. The van der Waals surface area contributed by atoms with Crippen molar-refractivity contribution in [2.24, 2.45) is 0 Å². The number of carbonyl (C=O) groups excluding carboxylic acids is 2. The van der Waals surface area contributed by atoms with E-state index in [2.05, 4.69) is 32.7 Å². The van der Waals surface area contributed by atoms with Crippen molar-refractivity contribution in [3.05, 3.63) is 107 Å². The standard InChI is InChI=1S/C32H30FN5O2S/c33-28-15-10-22(26-8-4-5-9-27(26)28)19-35-23-11-13-25(14-12-23)38(20-21-6-2-1-3-7-21)31-34-17-16-24(36-31)18-29-30(39)37-32(40)41-29/h1-10,15-18,23,25,35H,11-14,19-20H2,(H,37,39,40). The molecule has 2 N–H and O–H groups in total. The normalized spacial score (nSPS) is 20.0. The Morgan fingerprint density at radius 2 is 1.71 bits per heavy atom. The lowest BCUT2D eigenvalue weighted by Gasteiger charge is -2.37. The molecule has 0 radical (unpaired) electrons. The van der Waals surface area contributed by atoms with E-state index in [0.717, 1.165) is 48.4 Å². The summed E-state index contributed by atoms with van der Waals surface area (Å²) in [6.07, 6.45) is 7.27. The number of thioether (sulfide) groups is 1. The van der Waals surface area contributed by atoms with Crippen LogP contribution in [-0.4, -0.2) is 33.2 Å². The molecule has 208 valence electrons. The van der Waals surface area contributed by atoms with Crippen LogP contribution >= 0.6 is 11.8 Å². The highest BCUT2D eigenvalue weighted by atomic mass is 32.2. The van der Waals surface area contributed by atoms with E-state index in [-0.39, 0.29) is 17.1 Å². The second kappa shape index (κ2) is 12.2. The molecule has 1 aliphatic heterocycles. The maximum Gasteiger partial charge on any atom is 0.290 e. The van der Waals surface area contributed by atoms with E-state index in [4.69, 9.17) is 4.98 Å². The molecule has 1 saturated carbocycles. The minimum Gasteiger partial charge on any atom is -0.333 e. The molecule has 1 aliphatic carbocycles. The van der Waals surface area contributed by atoms with Crippen LogP contribution in [-0.2, 0) is 17.9 Å². The molecule has 0 bridgehead atoms. The predicted molar refractivity (Wildman–Crippen MR) is 161 cm³/mol. The molecule has 3 aromatic carbocycles. The van der Waals surface area contributed by atoms with Crippen molar-refractivity contribution in [1.29, 1.82) is 0 Å². The first-order valence-corrected chi connectivity index (χ1v) is 14.6. The molecule has 2 heterocycles. The van der Waals surface area contributed by atoms with Crippen molar-refractivity contribution in [1.82, 2.24) is 20.6 Å². The SMILES string of the molecule is O=C1NC(=O)C(=Cc2ccnc(N(Cc3ccccc3)C3CCC(NCc4ccc(F)c5ccccc45)CC3)n2)S1. The number of fused-ring (bicyclic) bond motifs is 1. The molecule has 41 heavy (non-hydrogen) atoms. The number of nitrogens with zero attached hydrogens (tertiary/aromatic N) is 3. The highest BCUT2D eigenvalue weighted by Crippen LogP contribution is 2.30. The van der Waals surface area contributed by atoms with Gasteiger partial charge in [0.25, 0.3) is 11.1 Å². The Morgan fingerprint density at radius 3 is 2.46 bits per heavy atom. The van der Waals surface area contributed by atoms with Gasteiger partial charge in [0.05, 0.1) is 10.6 Å². The summed E-state index contributed by atoms with van der Waals surface area (Å²) in [7, 11) is 0. The Balaban J connectivity index is 1.16. The van der Waals surface area contributed by atoms with Crippen LogP contribution in [0, 0.1) is 5.82 Å². The Morgan fingerprint density at radius 1 is 0.951 bits per heavy atom. The third-order valence-electron chi connectivity index (χ3n) is 7.72. The average Bonchev–Trinajstić information content (AvgIpc) is 3.32. The Bertz CT molecular complexity index is 1600. The Labute approximate surface area is 242 Å². The van der Waals surface area contributed by atoms with E-state index in [1.165, 1.54) is 5.56 Å². The summed E-state index contributed by atoms with van der Waals surface area (Å²) in [4.78, 5) is 35.6. The summed E-state index contributed by atoms with van der Waals surface area (Å²) in [6, 6.07) is 23.7. The number of rotatable bonds is 8. The van der Waals surface area contributed by atoms with E-state index in [1.807, 2.05) is 48.5 Å². The monoisotopic (exact) mass is 567 g/mol. The first-order valence-electron chi connectivity index (χ1n) is 13.8. The van der Waals surface area contributed by atoms with Crippen molar-refractivity contribution in [3.63, 3.8) is 0 Å². The Kier molecular flexibility index (Phi) is 8.07. The van der Waals surface area contributed by atoms with Crippen LogP contribution < -0.4 is 15.5 Å². The van der Waals surface area contributed by atoms with Crippen molar-refractivity contribution < 1.29 is 14.0 Å². The highest BCUT2D eigenvalue weighted by molar-refractivity contribution is 8.18. The zero-order valence-corrected chi connectivity index (χ0v) is 23.2. The van der Waals surface area contributed by atoms with Crippen LogP contribution in [0.5, 0.6) is 0 Å². The van der Waals surface area contributed by atoms with Crippen LogP contribution in [0.4, 0.5) is 15.1 Å². The lowest BCUT2D eigenvalue weighted by Crippen LogP contribution is -2.43. The quantitative estimate of drug-likeness (QED) is 0.245. The molecule has 6 rings (SSSR count). The fourth-order valence-electron chi connectivity index (χ4n) is 5.60. The number of imide groups is 1. The van der Waals surface area contributed by atoms with Crippen LogP contribution in [0.3, 0.4) is 0 Å². The fraction of sp³-hybridized carbons (Fsp3) is 0.250. The number of hydrogen-bond acceptors (Lipinski definition) is 7. The summed E-state index contributed by atoms with van der Waals surface area (Å²) in [5.74, 6) is 0.0116. The average molecular weight is 568 g/mol. The van der Waals surface area contributed by atoms with Crippen LogP contribution in [0.15, 0.2) is 83.9 Å². The Hall–Kier alpha value is -4.08. The number of amides is 2. The lowest BCUT2D eigenvalue weighted by atomic mass is 9.89. The predicted octanol–water partition coefficient (Wildman–Crippen LogP) is 6.20. The summed E-state index contributed by atoms with van der Waals surface area (Å²) in [5.41, 5.74) is 2.85. The molecule has 2 amide bonds. The minimum absolute atomic E-state index is 0.190. The van der Waals surface area contributed by atoms with Gasteiger partial charge in [-0.2, -0.15) is 0 Å². The number of anilines is 1. The molecule has 1 aromatic heterocycles. The second-order valence-electron chi connectivity index (χ2n) is 10.4. The van der Waals surface area contributed by atoms with E-state index in [1.54, 1.807) is 24.4 Å². The van der Waals surface area contributed by atoms with Gasteiger partial charge in [0, 0.05) is 36.8 Å². The van der Waals surface area contributed by atoms with Gasteiger partial charge < -0.3 is 10.2 Å². The topological polar surface area (TPSA) is 87.2 Å². The molecule has 0 spiro atoms. The molecule has 0 atom stereocenters. The van der Waals surface area contributed by atoms with Crippen LogP contribution in [0.25, 0.3) is 16.8 Å². The van der Waals surface area contributed by atoms with Gasteiger partial charge in [-0.25, -0.2) is 14.4 Å². The summed E-state index contributed by atoms with van der Waals surface area (Å²) in [6.45, 7) is 1.36.